The Balaban J connectivity index is 1.68. The first-order chi connectivity index (χ1) is 11.0. The third kappa shape index (κ3) is 3.37. The highest BCUT2D eigenvalue weighted by Gasteiger charge is 2.17. The Bertz CT molecular complexity index is 814. The summed E-state index contributed by atoms with van der Waals surface area (Å²) in [6.07, 6.45) is 0.361. The van der Waals surface area contributed by atoms with Crippen LogP contribution in [0.15, 0.2) is 42.5 Å². The zero-order valence-electron chi connectivity index (χ0n) is 12.5. The molecule has 1 aliphatic rings. The summed E-state index contributed by atoms with van der Waals surface area (Å²) in [7, 11) is 0. The van der Waals surface area contributed by atoms with Crippen molar-refractivity contribution < 1.29 is 14.4 Å². The molecule has 23 heavy (non-hydrogen) atoms. The van der Waals surface area contributed by atoms with Crippen molar-refractivity contribution in [2.75, 3.05) is 16.0 Å². The van der Waals surface area contributed by atoms with Crippen LogP contribution in [-0.2, 0) is 11.2 Å². The average molecular weight is 309 g/mol. The molecule has 3 N–H and O–H groups in total. The van der Waals surface area contributed by atoms with Crippen molar-refractivity contribution in [3.63, 3.8) is 0 Å². The fourth-order valence-electron chi connectivity index (χ4n) is 2.40. The molecule has 0 fully saturated rings. The largest absolute Gasteiger partial charge is 0.325 e. The third-order valence-corrected chi connectivity index (χ3v) is 3.52. The van der Waals surface area contributed by atoms with Gasteiger partial charge in [0.05, 0.1) is 6.42 Å². The van der Waals surface area contributed by atoms with Crippen molar-refractivity contribution in [3.05, 3.63) is 53.6 Å². The molecule has 116 valence electrons. The van der Waals surface area contributed by atoms with E-state index in [0.29, 0.717) is 29.0 Å². The lowest BCUT2D eigenvalue weighted by Gasteiger charge is -2.09. The van der Waals surface area contributed by atoms with Crippen LogP contribution in [0.4, 0.5) is 21.9 Å². The number of Topliss-reactive ketones (excluding diaryl/α,β-unsaturated/α-hetero) is 1. The number of amides is 3. The second-order valence-corrected chi connectivity index (χ2v) is 5.31. The second-order valence-electron chi connectivity index (χ2n) is 5.31. The Morgan fingerprint density at radius 3 is 2.52 bits per heavy atom. The van der Waals surface area contributed by atoms with Gasteiger partial charge in [-0.25, -0.2) is 4.79 Å². The first-order valence-electron chi connectivity index (χ1n) is 7.13. The van der Waals surface area contributed by atoms with E-state index in [2.05, 4.69) is 16.0 Å². The molecule has 0 spiro atoms. The van der Waals surface area contributed by atoms with Crippen molar-refractivity contribution >= 4 is 34.8 Å². The molecule has 1 heterocycles. The highest BCUT2D eigenvalue weighted by atomic mass is 16.2. The molecule has 0 saturated carbocycles. The highest BCUT2D eigenvalue weighted by Crippen LogP contribution is 2.26. The van der Waals surface area contributed by atoms with Gasteiger partial charge in [-0.2, -0.15) is 0 Å². The second kappa shape index (κ2) is 5.92. The number of benzene rings is 2. The zero-order chi connectivity index (χ0) is 16.4. The van der Waals surface area contributed by atoms with Crippen LogP contribution in [0, 0.1) is 0 Å². The van der Waals surface area contributed by atoms with Gasteiger partial charge in [-0.3, -0.25) is 9.59 Å². The van der Waals surface area contributed by atoms with Gasteiger partial charge < -0.3 is 16.0 Å². The summed E-state index contributed by atoms with van der Waals surface area (Å²) in [6, 6.07) is 11.6. The van der Waals surface area contributed by atoms with Crippen molar-refractivity contribution in [3.8, 4) is 0 Å². The molecule has 2 aromatic carbocycles. The third-order valence-electron chi connectivity index (χ3n) is 3.52. The molecule has 2 aromatic rings. The SMILES string of the molecule is CC(=O)c1cccc(NC(=O)Nc2ccc3c(c2)NC(=O)C3)c1. The highest BCUT2D eigenvalue weighted by molar-refractivity contribution is 6.03. The maximum Gasteiger partial charge on any atom is 0.323 e. The lowest BCUT2D eigenvalue weighted by Crippen LogP contribution is -2.19. The van der Waals surface area contributed by atoms with Gasteiger partial charge in [0, 0.05) is 22.6 Å². The van der Waals surface area contributed by atoms with Crippen LogP contribution >= 0.6 is 0 Å². The van der Waals surface area contributed by atoms with E-state index in [0.717, 1.165) is 5.56 Å². The summed E-state index contributed by atoms with van der Waals surface area (Å²) in [5.41, 5.74) is 3.26. The number of ketones is 1. The number of nitrogens with one attached hydrogen (secondary N) is 3. The fourth-order valence-corrected chi connectivity index (χ4v) is 2.40. The van der Waals surface area contributed by atoms with Crippen LogP contribution in [-0.4, -0.2) is 17.7 Å². The molecule has 0 aliphatic carbocycles. The Morgan fingerprint density at radius 1 is 1.04 bits per heavy atom. The van der Waals surface area contributed by atoms with Gasteiger partial charge in [0.15, 0.2) is 5.78 Å². The Hall–Kier alpha value is -3.15. The first kappa shape index (κ1) is 14.8. The monoisotopic (exact) mass is 309 g/mol. The topological polar surface area (TPSA) is 87.3 Å². The van der Waals surface area contributed by atoms with Gasteiger partial charge in [0.1, 0.15) is 0 Å². The summed E-state index contributed by atoms with van der Waals surface area (Å²) in [5.74, 6) is -0.119. The number of fused-ring (bicyclic) bond motifs is 1. The maximum absolute atomic E-state index is 12.0. The number of urea groups is 1. The normalized spacial score (nSPS) is 12.3. The summed E-state index contributed by atoms with van der Waals surface area (Å²) in [6.45, 7) is 1.47. The van der Waals surface area contributed by atoms with E-state index in [4.69, 9.17) is 0 Å². The number of hydrogen-bond acceptors (Lipinski definition) is 3. The van der Waals surface area contributed by atoms with E-state index >= 15 is 0 Å². The predicted molar refractivity (Wildman–Crippen MR) is 87.9 cm³/mol. The number of rotatable bonds is 3. The average Bonchev–Trinajstić information content (AvgIpc) is 2.86. The van der Waals surface area contributed by atoms with Crippen LogP contribution in [0.3, 0.4) is 0 Å². The number of carbonyl (C=O) groups is 3. The molecular weight excluding hydrogens is 294 g/mol. The van der Waals surface area contributed by atoms with E-state index < -0.39 is 6.03 Å². The predicted octanol–water partition coefficient (Wildman–Crippen LogP) is 3.03. The van der Waals surface area contributed by atoms with Crippen molar-refractivity contribution in [1.29, 1.82) is 0 Å². The quantitative estimate of drug-likeness (QED) is 0.762. The van der Waals surface area contributed by atoms with Gasteiger partial charge in [-0.15, -0.1) is 0 Å². The molecule has 0 aromatic heterocycles. The van der Waals surface area contributed by atoms with Gasteiger partial charge in [-0.05, 0) is 36.8 Å². The van der Waals surface area contributed by atoms with Crippen molar-refractivity contribution in [1.82, 2.24) is 0 Å². The minimum Gasteiger partial charge on any atom is -0.325 e. The van der Waals surface area contributed by atoms with Crippen molar-refractivity contribution in [2.45, 2.75) is 13.3 Å². The lowest BCUT2D eigenvalue weighted by molar-refractivity contribution is -0.115. The molecule has 6 nitrogen and oxygen atoms in total. The molecule has 0 bridgehead atoms. The van der Waals surface area contributed by atoms with Gasteiger partial charge in [0.2, 0.25) is 5.91 Å². The maximum atomic E-state index is 12.0. The number of carbonyl (C=O) groups excluding carboxylic acids is 3. The molecule has 0 atom stereocenters. The summed E-state index contributed by atoms with van der Waals surface area (Å²) < 4.78 is 0. The summed E-state index contributed by atoms with van der Waals surface area (Å²) in [5, 5.41) is 8.10. The van der Waals surface area contributed by atoms with Crippen molar-refractivity contribution in [2.24, 2.45) is 0 Å². The molecule has 3 amide bonds. The van der Waals surface area contributed by atoms with Gasteiger partial charge in [-0.1, -0.05) is 18.2 Å². The lowest BCUT2D eigenvalue weighted by atomic mass is 10.1. The molecule has 0 radical (unpaired) electrons. The standard InChI is InChI=1S/C17H15N3O3/c1-10(21)11-3-2-4-13(7-11)18-17(23)19-14-6-5-12-8-16(22)20-15(12)9-14/h2-7,9H,8H2,1H3,(H,20,22)(H2,18,19,23). The van der Waals surface area contributed by atoms with E-state index in [-0.39, 0.29) is 11.7 Å². The number of hydrogen-bond donors (Lipinski definition) is 3. The van der Waals surface area contributed by atoms with E-state index in [1.165, 1.54) is 6.92 Å². The van der Waals surface area contributed by atoms with Gasteiger partial charge in [0.25, 0.3) is 0 Å². The van der Waals surface area contributed by atoms with Gasteiger partial charge >= 0.3 is 6.03 Å². The zero-order valence-corrected chi connectivity index (χ0v) is 12.5. The van der Waals surface area contributed by atoms with E-state index in [1.807, 2.05) is 0 Å². The van der Waals surface area contributed by atoms with Crippen LogP contribution < -0.4 is 16.0 Å². The summed E-state index contributed by atoms with van der Waals surface area (Å²) >= 11 is 0. The van der Waals surface area contributed by atoms with Crippen LogP contribution in [0.25, 0.3) is 0 Å². The Morgan fingerprint density at radius 2 is 1.78 bits per heavy atom. The number of anilines is 3. The molecule has 6 heteroatoms. The molecule has 0 saturated heterocycles. The smallest absolute Gasteiger partial charge is 0.323 e. The Labute approximate surface area is 132 Å². The Kier molecular flexibility index (Phi) is 3.80. The molecular formula is C17H15N3O3. The minimum atomic E-state index is -0.421. The minimum absolute atomic E-state index is 0.0531. The fraction of sp³-hybridized carbons (Fsp3) is 0.118. The summed E-state index contributed by atoms with van der Waals surface area (Å²) in [4.78, 5) is 34.7. The first-order valence-corrected chi connectivity index (χ1v) is 7.13. The molecule has 3 rings (SSSR count). The van der Waals surface area contributed by atoms with E-state index in [1.54, 1.807) is 42.5 Å². The molecule has 0 unspecified atom stereocenters. The van der Waals surface area contributed by atoms with Crippen LogP contribution in [0.1, 0.15) is 22.8 Å². The molecule has 1 aliphatic heterocycles. The van der Waals surface area contributed by atoms with Crippen LogP contribution in [0.5, 0.6) is 0 Å². The van der Waals surface area contributed by atoms with Crippen LogP contribution in [0.2, 0.25) is 0 Å². The van der Waals surface area contributed by atoms with E-state index in [9.17, 15) is 14.4 Å².